The molecule has 23 heavy (non-hydrogen) atoms. The van der Waals surface area contributed by atoms with Gasteiger partial charge in [-0.25, -0.2) is 9.97 Å². The molecule has 3 rings (SSSR count). The summed E-state index contributed by atoms with van der Waals surface area (Å²) >= 11 is 1.39. The summed E-state index contributed by atoms with van der Waals surface area (Å²) in [7, 11) is 0. The number of hydrogen-bond donors (Lipinski definition) is 2. The van der Waals surface area contributed by atoms with E-state index in [4.69, 9.17) is 10.5 Å². The second-order valence-electron chi connectivity index (χ2n) is 5.14. The Labute approximate surface area is 138 Å². The summed E-state index contributed by atoms with van der Waals surface area (Å²) in [6.45, 7) is 3.96. The van der Waals surface area contributed by atoms with Gasteiger partial charge in [-0.05, 0) is 11.6 Å². The minimum Gasteiger partial charge on any atom is -0.378 e. The molecule has 1 aliphatic rings. The van der Waals surface area contributed by atoms with Crippen molar-refractivity contribution in [1.29, 1.82) is 0 Å². The number of anilines is 1. The van der Waals surface area contributed by atoms with Gasteiger partial charge in [0.2, 0.25) is 0 Å². The van der Waals surface area contributed by atoms with E-state index in [2.05, 4.69) is 20.2 Å². The third-order valence-corrected chi connectivity index (χ3v) is 4.43. The lowest BCUT2D eigenvalue weighted by atomic mass is 10.2. The van der Waals surface area contributed by atoms with Gasteiger partial charge in [-0.3, -0.25) is 4.79 Å². The molecule has 0 spiro atoms. The van der Waals surface area contributed by atoms with Crippen molar-refractivity contribution in [3.8, 4) is 0 Å². The van der Waals surface area contributed by atoms with Crippen LogP contribution < -0.4 is 16.0 Å². The Morgan fingerprint density at radius 2 is 2.22 bits per heavy atom. The fourth-order valence-corrected chi connectivity index (χ4v) is 2.94. The Morgan fingerprint density at radius 3 is 2.87 bits per heavy atom. The molecule has 2 aromatic rings. The van der Waals surface area contributed by atoms with Crippen LogP contribution in [0.1, 0.15) is 21.1 Å². The minimum atomic E-state index is -0.196. The summed E-state index contributed by atoms with van der Waals surface area (Å²) in [6, 6.07) is 3.95. The van der Waals surface area contributed by atoms with Crippen LogP contribution in [-0.4, -0.2) is 42.2 Å². The van der Waals surface area contributed by atoms with Gasteiger partial charge >= 0.3 is 0 Å². The fraction of sp³-hybridized carbons (Fsp3) is 0.400. The van der Waals surface area contributed by atoms with Crippen molar-refractivity contribution < 1.29 is 9.53 Å². The highest BCUT2D eigenvalue weighted by Gasteiger charge is 2.13. The molecule has 3 heterocycles. The predicted octanol–water partition coefficient (Wildman–Crippen LogP) is 0.763. The summed E-state index contributed by atoms with van der Waals surface area (Å²) in [4.78, 5) is 22.8. The molecule has 0 aliphatic carbocycles. The van der Waals surface area contributed by atoms with Crippen LogP contribution >= 0.6 is 11.3 Å². The molecular weight excluding hydrogens is 314 g/mol. The van der Waals surface area contributed by atoms with Gasteiger partial charge in [0.1, 0.15) is 16.5 Å². The van der Waals surface area contributed by atoms with Crippen LogP contribution in [-0.2, 0) is 17.8 Å². The number of morpholine rings is 1. The molecule has 1 amide bonds. The van der Waals surface area contributed by atoms with E-state index in [0.29, 0.717) is 18.8 Å². The zero-order chi connectivity index (χ0) is 16.1. The SMILES string of the molecule is NCc1nc(C(=O)NCc2ccc(N3CCOCC3)nc2)cs1. The molecule has 1 aliphatic heterocycles. The first-order valence-electron chi connectivity index (χ1n) is 7.46. The van der Waals surface area contributed by atoms with E-state index in [1.807, 2.05) is 12.1 Å². The van der Waals surface area contributed by atoms with Gasteiger partial charge in [0.25, 0.3) is 5.91 Å². The molecule has 2 aromatic heterocycles. The van der Waals surface area contributed by atoms with Gasteiger partial charge in [-0.15, -0.1) is 11.3 Å². The monoisotopic (exact) mass is 333 g/mol. The molecule has 3 N–H and O–H groups in total. The minimum absolute atomic E-state index is 0.196. The number of thiazole rings is 1. The first-order valence-corrected chi connectivity index (χ1v) is 8.34. The maximum Gasteiger partial charge on any atom is 0.271 e. The quantitative estimate of drug-likeness (QED) is 0.839. The number of amides is 1. The number of carbonyl (C=O) groups excluding carboxylic acids is 1. The summed E-state index contributed by atoms with van der Waals surface area (Å²) in [5.41, 5.74) is 6.86. The van der Waals surface area contributed by atoms with E-state index in [1.54, 1.807) is 11.6 Å². The van der Waals surface area contributed by atoms with Crippen molar-refractivity contribution in [3.63, 3.8) is 0 Å². The van der Waals surface area contributed by atoms with E-state index in [0.717, 1.165) is 42.7 Å². The summed E-state index contributed by atoms with van der Waals surface area (Å²) in [5.74, 6) is 0.744. The van der Waals surface area contributed by atoms with E-state index in [-0.39, 0.29) is 5.91 Å². The van der Waals surface area contributed by atoms with Gasteiger partial charge in [0.15, 0.2) is 0 Å². The number of nitrogens with zero attached hydrogens (tertiary/aromatic N) is 3. The van der Waals surface area contributed by atoms with Crippen molar-refractivity contribution >= 4 is 23.1 Å². The van der Waals surface area contributed by atoms with Gasteiger partial charge in [-0.1, -0.05) is 6.07 Å². The molecule has 122 valence electrons. The molecular formula is C15H19N5O2S. The number of nitrogens with two attached hydrogens (primary N) is 1. The Balaban J connectivity index is 1.54. The Hall–Kier alpha value is -2.03. The largest absolute Gasteiger partial charge is 0.378 e. The van der Waals surface area contributed by atoms with Crippen LogP contribution in [0.4, 0.5) is 5.82 Å². The average Bonchev–Trinajstić information content (AvgIpc) is 3.10. The number of rotatable bonds is 5. The number of carbonyl (C=O) groups is 1. The molecule has 0 atom stereocenters. The zero-order valence-corrected chi connectivity index (χ0v) is 13.5. The number of ether oxygens (including phenoxy) is 1. The van der Waals surface area contributed by atoms with E-state index in [1.165, 1.54) is 11.3 Å². The van der Waals surface area contributed by atoms with Gasteiger partial charge in [-0.2, -0.15) is 0 Å². The number of hydrogen-bond acceptors (Lipinski definition) is 7. The lowest BCUT2D eigenvalue weighted by Gasteiger charge is -2.27. The van der Waals surface area contributed by atoms with E-state index in [9.17, 15) is 4.79 Å². The van der Waals surface area contributed by atoms with Crippen LogP contribution in [0.15, 0.2) is 23.7 Å². The van der Waals surface area contributed by atoms with Crippen LogP contribution in [0.5, 0.6) is 0 Å². The normalized spacial score (nSPS) is 14.7. The standard InChI is InChI=1S/C15H19N5O2S/c16-7-14-19-12(10-23-14)15(21)18-9-11-1-2-13(17-8-11)20-3-5-22-6-4-20/h1-2,8,10H,3-7,9,16H2,(H,18,21). The highest BCUT2D eigenvalue weighted by Crippen LogP contribution is 2.13. The average molecular weight is 333 g/mol. The molecule has 0 aromatic carbocycles. The third-order valence-electron chi connectivity index (χ3n) is 3.56. The maximum atomic E-state index is 12.0. The van der Waals surface area contributed by atoms with E-state index >= 15 is 0 Å². The molecule has 7 nitrogen and oxygen atoms in total. The summed E-state index contributed by atoms with van der Waals surface area (Å²) in [5, 5.41) is 5.32. The smallest absolute Gasteiger partial charge is 0.271 e. The lowest BCUT2D eigenvalue weighted by molar-refractivity contribution is 0.0946. The second-order valence-corrected chi connectivity index (χ2v) is 6.08. The molecule has 0 saturated carbocycles. The van der Waals surface area contributed by atoms with Crippen molar-refractivity contribution in [3.05, 3.63) is 40.0 Å². The predicted molar refractivity (Wildman–Crippen MR) is 88.4 cm³/mol. The van der Waals surface area contributed by atoms with Gasteiger partial charge in [0, 0.05) is 37.8 Å². The first-order chi connectivity index (χ1) is 11.3. The van der Waals surface area contributed by atoms with Gasteiger partial charge < -0.3 is 20.7 Å². The highest BCUT2D eigenvalue weighted by atomic mass is 32.1. The summed E-state index contributed by atoms with van der Waals surface area (Å²) < 4.78 is 5.33. The molecule has 0 bridgehead atoms. The van der Waals surface area contributed by atoms with Crippen LogP contribution in [0.2, 0.25) is 0 Å². The highest BCUT2D eigenvalue weighted by molar-refractivity contribution is 7.09. The zero-order valence-electron chi connectivity index (χ0n) is 12.7. The van der Waals surface area contributed by atoms with Crippen LogP contribution in [0.25, 0.3) is 0 Å². The first kappa shape index (κ1) is 15.9. The number of pyridine rings is 1. The van der Waals surface area contributed by atoms with Crippen molar-refractivity contribution in [2.45, 2.75) is 13.1 Å². The van der Waals surface area contributed by atoms with Crippen molar-refractivity contribution in [2.75, 3.05) is 31.2 Å². The third kappa shape index (κ3) is 4.04. The lowest BCUT2D eigenvalue weighted by Crippen LogP contribution is -2.36. The number of aromatic nitrogens is 2. The second kappa shape index (κ2) is 7.49. The van der Waals surface area contributed by atoms with Crippen molar-refractivity contribution in [2.24, 2.45) is 5.73 Å². The molecule has 0 unspecified atom stereocenters. The Bertz CT molecular complexity index is 652. The molecule has 8 heteroatoms. The Morgan fingerprint density at radius 1 is 1.39 bits per heavy atom. The Kier molecular flexibility index (Phi) is 5.16. The van der Waals surface area contributed by atoms with Crippen molar-refractivity contribution in [1.82, 2.24) is 15.3 Å². The maximum absolute atomic E-state index is 12.0. The van der Waals surface area contributed by atoms with Crippen LogP contribution in [0, 0.1) is 0 Å². The molecule has 1 saturated heterocycles. The topological polar surface area (TPSA) is 93.4 Å². The van der Waals surface area contributed by atoms with Gasteiger partial charge in [0.05, 0.1) is 13.2 Å². The number of nitrogens with one attached hydrogen (secondary N) is 1. The van der Waals surface area contributed by atoms with E-state index < -0.39 is 0 Å². The summed E-state index contributed by atoms with van der Waals surface area (Å²) in [6.07, 6.45) is 1.79. The molecule has 1 fully saturated rings. The fourth-order valence-electron chi connectivity index (χ4n) is 2.28. The van der Waals surface area contributed by atoms with Crippen LogP contribution in [0.3, 0.4) is 0 Å². The molecule has 0 radical (unpaired) electrons.